The van der Waals surface area contributed by atoms with Crippen LogP contribution in [0.1, 0.15) is 10.4 Å². The van der Waals surface area contributed by atoms with Gasteiger partial charge >= 0.3 is 0 Å². The van der Waals surface area contributed by atoms with Gasteiger partial charge in [0.15, 0.2) is 4.80 Å². The molecule has 0 saturated carbocycles. The number of carbonyl (C=O) groups is 1. The lowest BCUT2D eigenvalue weighted by molar-refractivity contribution is 0.0998. The molecule has 0 saturated heterocycles. The first-order chi connectivity index (χ1) is 11.1. The van der Waals surface area contributed by atoms with E-state index in [1.165, 1.54) is 11.3 Å². The number of carbonyl (C=O) groups excluding carboxylic acids is 1. The van der Waals surface area contributed by atoms with Crippen molar-refractivity contribution in [3.8, 4) is 12.3 Å². The molecule has 0 bridgehead atoms. The van der Waals surface area contributed by atoms with E-state index in [4.69, 9.17) is 18.0 Å². The molecule has 0 fully saturated rings. The van der Waals surface area contributed by atoms with E-state index in [1.807, 2.05) is 28.8 Å². The summed E-state index contributed by atoms with van der Waals surface area (Å²) in [4.78, 5) is 17.2. The van der Waals surface area contributed by atoms with Crippen LogP contribution >= 0.6 is 38.9 Å². The minimum absolute atomic E-state index is 0.305. The average Bonchev–Trinajstić information content (AvgIpc) is 2.85. The molecular formula is C17H10BrClN2OS. The van der Waals surface area contributed by atoms with Crippen LogP contribution in [0.4, 0.5) is 0 Å². The van der Waals surface area contributed by atoms with Crippen LogP contribution in [0.2, 0.25) is 5.02 Å². The summed E-state index contributed by atoms with van der Waals surface area (Å²) in [6.07, 6.45) is 5.44. The number of hydrogen-bond acceptors (Lipinski definition) is 2. The van der Waals surface area contributed by atoms with Gasteiger partial charge in [0.05, 0.1) is 16.8 Å². The highest BCUT2D eigenvalue weighted by atomic mass is 79.9. The number of rotatable bonds is 2. The van der Waals surface area contributed by atoms with Gasteiger partial charge in [-0.3, -0.25) is 4.79 Å². The highest BCUT2D eigenvalue weighted by molar-refractivity contribution is 9.10. The van der Waals surface area contributed by atoms with Crippen molar-refractivity contribution in [3.05, 3.63) is 62.3 Å². The molecule has 0 radical (unpaired) electrons. The van der Waals surface area contributed by atoms with Gasteiger partial charge in [-0.25, -0.2) is 0 Å². The van der Waals surface area contributed by atoms with Gasteiger partial charge in [-0.15, -0.1) is 6.42 Å². The molecule has 2 aromatic carbocycles. The van der Waals surface area contributed by atoms with E-state index in [0.717, 1.165) is 14.7 Å². The maximum Gasteiger partial charge on any atom is 0.279 e. The Balaban J connectivity index is 2.14. The number of amides is 1. The second-order valence-electron chi connectivity index (χ2n) is 4.71. The molecule has 1 heterocycles. The van der Waals surface area contributed by atoms with Gasteiger partial charge in [0, 0.05) is 15.1 Å². The van der Waals surface area contributed by atoms with Crippen molar-refractivity contribution >= 4 is 55.0 Å². The fraction of sp³-hybridized carbons (Fsp3) is 0.0588. The van der Waals surface area contributed by atoms with Crippen LogP contribution in [0.15, 0.2) is 51.9 Å². The topological polar surface area (TPSA) is 34.4 Å². The Hall–Kier alpha value is -1.87. The zero-order valence-corrected chi connectivity index (χ0v) is 15.0. The summed E-state index contributed by atoms with van der Waals surface area (Å²) in [7, 11) is 0. The highest BCUT2D eigenvalue weighted by Gasteiger charge is 2.09. The molecule has 23 heavy (non-hydrogen) atoms. The van der Waals surface area contributed by atoms with Gasteiger partial charge < -0.3 is 4.57 Å². The van der Waals surface area contributed by atoms with Crippen LogP contribution in [-0.2, 0) is 6.54 Å². The number of halogens is 2. The van der Waals surface area contributed by atoms with Crippen molar-refractivity contribution < 1.29 is 4.79 Å². The first kappa shape index (κ1) is 16.0. The molecule has 0 aliphatic rings. The Morgan fingerprint density at radius 3 is 2.74 bits per heavy atom. The molecule has 1 amide bonds. The number of thiazole rings is 1. The molecule has 114 valence electrons. The first-order valence-electron chi connectivity index (χ1n) is 6.65. The largest absolute Gasteiger partial charge is 0.305 e. The van der Waals surface area contributed by atoms with E-state index < -0.39 is 0 Å². The summed E-state index contributed by atoms with van der Waals surface area (Å²) in [5, 5.41) is 0.636. The SMILES string of the molecule is C#CCn1c(=NC(=O)c2ccc(Br)cc2)sc2cc(Cl)ccc21. The standard InChI is InChI=1S/C17H10BrClN2OS/c1-2-9-21-14-8-7-13(19)10-15(14)23-17(21)20-16(22)11-3-5-12(18)6-4-11/h1,3-8,10H,9H2. The molecule has 0 unspecified atom stereocenters. The number of terminal acetylenes is 1. The van der Waals surface area contributed by atoms with E-state index in [1.54, 1.807) is 18.2 Å². The third kappa shape index (κ3) is 3.40. The summed E-state index contributed by atoms with van der Waals surface area (Å²) in [6, 6.07) is 12.6. The first-order valence-corrected chi connectivity index (χ1v) is 8.64. The lowest BCUT2D eigenvalue weighted by Gasteiger charge is -2.00. The molecule has 0 aliphatic heterocycles. The van der Waals surface area contributed by atoms with Crippen molar-refractivity contribution in [3.63, 3.8) is 0 Å². The minimum atomic E-state index is -0.305. The van der Waals surface area contributed by atoms with Crippen LogP contribution in [0.25, 0.3) is 10.2 Å². The Bertz CT molecular complexity index is 996. The Labute approximate surface area is 150 Å². The number of benzene rings is 2. The van der Waals surface area contributed by atoms with Crippen molar-refractivity contribution in [1.82, 2.24) is 4.57 Å². The molecule has 0 N–H and O–H groups in total. The van der Waals surface area contributed by atoms with E-state index in [-0.39, 0.29) is 5.91 Å². The quantitative estimate of drug-likeness (QED) is 0.578. The summed E-state index contributed by atoms with van der Waals surface area (Å²) < 4.78 is 3.69. The molecule has 3 nitrogen and oxygen atoms in total. The van der Waals surface area contributed by atoms with Crippen LogP contribution in [0, 0.1) is 12.3 Å². The summed E-state index contributed by atoms with van der Waals surface area (Å²) >= 11 is 10.8. The summed E-state index contributed by atoms with van der Waals surface area (Å²) in [5.41, 5.74) is 1.44. The zero-order valence-electron chi connectivity index (χ0n) is 11.8. The average molecular weight is 406 g/mol. The van der Waals surface area contributed by atoms with Gasteiger partial charge in [0.2, 0.25) is 0 Å². The monoisotopic (exact) mass is 404 g/mol. The van der Waals surface area contributed by atoms with Crippen molar-refractivity contribution in [1.29, 1.82) is 0 Å². The normalized spacial score (nSPS) is 11.6. The fourth-order valence-corrected chi connectivity index (χ4v) is 3.69. The maximum absolute atomic E-state index is 12.4. The lowest BCUT2D eigenvalue weighted by Crippen LogP contribution is -2.16. The molecule has 1 aromatic heterocycles. The third-order valence-corrected chi connectivity index (χ3v) is 4.99. The minimum Gasteiger partial charge on any atom is -0.305 e. The second kappa shape index (κ2) is 6.71. The predicted octanol–water partition coefficient (Wildman–Crippen LogP) is 4.49. The number of hydrogen-bond donors (Lipinski definition) is 0. The Morgan fingerprint density at radius 2 is 2.04 bits per heavy atom. The molecular weight excluding hydrogens is 396 g/mol. The smallest absolute Gasteiger partial charge is 0.279 e. The molecule has 3 rings (SSSR count). The molecule has 0 spiro atoms. The van der Waals surface area contributed by atoms with E-state index in [2.05, 4.69) is 26.8 Å². The lowest BCUT2D eigenvalue weighted by atomic mass is 10.2. The third-order valence-electron chi connectivity index (χ3n) is 3.18. The fourth-order valence-electron chi connectivity index (χ4n) is 2.12. The van der Waals surface area contributed by atoms with Crippen LogP contribution in [-0.4, -0.2) is 10.5 Å². The van der Waals surface area contributed by atoms with Gasteiger partial charge in [0.25, 0.3) is 5.91 Å². The molecule has 3 aromatic rings. The number of nitrogens with zero attached hydrogens (tertiary/aromatic N) is 2. The van der Waals surface area contributed by atoms with E-state index in [0.29, 0.717) is 21.9 Å². The Kier molecular flexibility index (Phi) is 4.67. The zero-order chi connectivity index (χ0) is 16.4. The van der Waals surface area contributed by atoms with Gasteiger partial charge in [0.1, 0.15) is 0 Å². The second-order valence-corrected chi connectivity index (χ2v) is 7.07. The van der Waals surface area contributed by atoms with Gasteiger partial charge in [-0.2, -0.15) is 4.99 Å². The van der Waals surface area contributed by atoms with E-state index >= 15 is 0 Å². The number of fused-ring (bicyclic) bond motifs is 1. The van der Waals surface area contributed by atoms with Crippen molar-refractivity contribution in [2.75, 3.05) is 0 Å². The van der Waals surface area contributed by atoms with Gasteiger partial charge in [-0.1, -0.05) is 44.8 Å². The van der Waals surface area contributed by atoms with Crippen LogP contribution in [0.5, 0.6) is 0 Å². The molecule has 0 aliphatic carbocycles. The van der Waals surface area contributed by atoms with Crippen molar-refractivity contribution in [2.45, 2.75) is 6.54 Å². The van der Waals surface area contributed by atoms with Crippen LogP contribution in [0.3, 0.4) is 0 Å². The molecule has 0 atom stereocenters. The summed E-state index contributed by atoms with van der Waals surface area (Å²) in [6.45, 7) is 0.341. The highest BCUT2D eigenvalue weighted by Crippen LogP contribution is 2.22. The van der Waals surface area contributed by atoms with E-state index in [9.17, 15) is 4.79 Å². The van der Waals surface area contributed by atoms with Crippen molar-refractivity contribution in [2.24, 2.45) is 4.99 Å². The van der Waals surface area contributed by atoms with Gasteiger partial charge in [-0.05, 0) is 42.5 Å². The molecule has 6 heteroatoms. The predicted molar refractivity (Wildman–Crippen MR) is 97.7 cm³/mol. The maximum atomic E-state index is 12.4. The Morgan fingerprint density at radius 1 is 1.30 bits per heavy atom. The number of aromatic nitrogens is 1. The van der Waals surface area contributed by atoms with Crippen LogP contribution < -0.4 is 4.80 Å². The summed E-state index contributed by atoms with van der Waals surface area (Å²) in [5.74, 6) is 2.29.